The number of aliphatic hydroxyl groups excluding tert-OH is 1. The molecule has 0 aliphatic rings. The van der Waals surface area contributed by atoms with Gasteiger partial charge in [0.15, 0.2) is 5.75 Å². The topological polar surface area (TPSA) is 128 Å². The number of aromatic nitrogens is 2. The molecule has 0 aliphatic carbocycles. The summed E-state index contributed by atoms with van der Waals surface area (Å²) in [4.78, 5) is 23.5. The molecule has 0 bridgehead atoms. The van der Waals surface area contributed by atoms with Crippen LogP contribution < -0.4 is 15.0 Å². The van der Waals surface area contributed by atoms with Gasteiger partial charge in [-0.2, -0.15) is 18.3 Å². The molecule has 0 fully saturated rings. The normalized spacial score (nSPS) is 12.1. The van der Waals surface area contributed by atoms with Gasteiger partial charge in [0.25, 0.3) is 10.0 Å². The first-order valence-corrected chi connectivity index (χ1v) is 10.7. The molecule has 1 radical (unpaired) electrons. The van der Waals surface area contributed by atoms with E-state index in [1.807, 2.05) is 0 Å². The Kier molecular flexibility index (Phi) is 9.70. The smallest absolute Gasteiger partial charge is 0.408 e. The van der Waals surface area contributed by atoms with Crippen LogP contribution >= 0.6 is 0 Å². The van der Waals surface area contributed by atoms with E-state index < -0.39 is 45.4 Å². The van der Waals surface area contributed by atoms with Crippen molar-refractivity contribution in [2.24, 2.45) is 5.41 Å². The minimum absolute atomic E-state index is 0. The van der Waals surface area contributed by atoms with Gasteiger partial charge in [0, 0.05) is 47.5 Å². The number of rotatable bonds is 8. The molecule has 1 heterocycles. The Morgan fingerprint density at radius 2 is 1.79 bits per heavy atom. The summed E-state index contributed by atoms with van der Waals surface area (Å²) in [5.41, 5.74) is -1.65. The van der Waals surface area contributed by atoms with Crippen LogP contribution in [0.2, 0.25) is 0 Å². The van der Waals surface area contributed by atoms with Gasteiger partial charge in [-0.05, 0) is 17.7 Å². The van der Waals surface area contributed by atoms with Crippen molar-refractivity contribution >= 4 is 45.5 Å². The van der Waals surface area contributed by atoms with Crippen molar-refractivity contribution in [3.63, 3.8) is 0 Å². The number of alkyl halides is 3. The SMILES string of the molecule is CC(=O)NS(=O)(=O)c1ccc(-c2cnn(CC(F)(F)F)c(=O)c2OCC(C)(C)CO)cc1.[Na]. The average Bonchev–Trinajstić information content (AvgIpc) is 2.66. The first-order chi connectivity index (χ1) is 14.6. The number of nitrogens with one attached hydrogen (secondary N) is 1. The molecule has 9 nitrogen and oxygen atoms in total. The van der Waals surface area contributed by atoms with Gasteiger partial charge in [-0.3, -0.25) is 9.59 Å². The molecule has 0 spiro atoms. The zero-order valence-corrected chi connectivity index (χ0v) is 21.2. The van der Waals surface area contributed by atoms with Gasteiger partial charge in [-0.15, -0.1) is 0 Å². The number of halogens is 3. The van der Waals surface area contributed by atoms with Crippen LogP contribution in [0.25, 0.3) is 11.1 Å². The van der Waals surface area contributed by atoms with Crippen molar-refractivity contribution in [3.05, 3.63) is 40.8 Å². The average molecular weight is 500 g/mol. The number of benzene rings is 1. The Morgan fingerprint density at radius 3 is 2.27 bits per heavy atom. The number of hydrogen-bond acceptors (Lipinski definition) is 7. The number of carbonyl (C=O) groups excluding carboxylic acids is 1. The second kappa shape index (κ2) is 11.0. The molecule has 1 amide bonds. The monoisotopic (exact) mass is 500 g/mol. The minimum atomic E-state index is -4.69. The Bertz CT molecular complexity index is 1150. The third-order valence-electron chi connectivity index (χ3n) is 4.12. The van der Waals surface area contributed by atoms with Gasteiger partial charge >= 0.3 is 11.7 Å². The van der Waals surface area contributed by atoms with E-state index >= 15 is 0 Å². The maximum Gasteiger partial charge on any atom is 0.408 e. The van der Waals surface area contributed by atoms with Crippen molar-refractivity contribution in [1.82, 2.24) is 14.5 Å². The van der Waals surface area contributed by atoms with E-state index in [-0.39, 0.29) is 63.5 Å². The molecule has 1 aromatic carbocycles. The summed E-state index contributed by atoms with van der Waals surface area (Å²) in [6.45, 7) is 2.18. The van der Waals surface area contributed by atoms with Crippen LogP contribution in [0.3, 0.4) is 0 Å². The van der Waals surface area contributed by atoms with E-state index in [4.69, 9.17) is 4.74 Å². The summed E-state index contributed by atoms with van der Waals surface area (Å²) < 4.78 is 70.1. The molecule has 0 aliphatic heterocycles. The fourth-order valence-electron chi connectivity index (χ4n) is 2.47. The fraction of sp³-hybridized carbons (Fsp3) is 0.421. The van der Waals surface area contributed by atoms with Crippen LogP contribution in [0.4, 0.5) is 13.2 Å². The molecule has 0 unspecified atom stereocenters. The largest absolute Gasteiger partial charge is 0.487 e. The molecule has 177 valence electrons. The molecule has 0 saturated carbocycles. The van der Waals surface area contributed by atoms with E-state index in [9.17, 15) is 36.3 Å². The number of sulfonamides is 1. The number of hydrogen-bond donors (Lipinski definition) is 2. The fourth-order valence-corrected chi connectivity index (χ4v) is 3.46. The van der Waals surface area contributed by atoms with Crippen molar-refractivity contribution in [3.8, 4) is 16.9 Å². The molecule has 1 aromatic heterocycles. The van der Waals surface area contributed by atoms with E-state index in [2.05, 4.69) is 5.10 Å². The van der Waals surface area contributed by atoms with E-state index in [1.54, 1.807) is 18.6 Å². The summed E-state index contributed by atoms with van der Waals surface area (Å²) in [6.07, 6.45) is -3.69. The van der Waals surface area contributed by atoms with E-state index in [0.29, 0.717) is 0 Å². The summed E-state index contributed by atoms with van der Waals surface area (Å²) in [5, 5.41) is 12.9. The molecule has 2 aromatic rings. The molecular weight excluding hydrogens is 478 g/mol. The van der Waals surface area contributed by atoms with Crippen molar-refractivity contribution in [2.45, 2.75) is 38.4 Å². The summed E-state index contributed by atoms with van der Waals surface area (Å²) in [7, 11) is -4.10. The summed E-state index contributed by atoms with van der Waals surface area (Å²) >= 11 is 0. The van der Waals surface area contributed by atoms with Gasteiger partial charge in [-0.25, -0.2) is 17.8 Å². The number of ether oxygens (including phenoxy) is 1. The van der Waals surface area contributed by atoms with Crippen LogP contribution in [0, 0.1) is 5.41 Å². The zero-order valence-electron chi connectivity index (χ0n) is 18.4. The molecule has 0 atom stereocenters. The predicted molar refractivity (Wildman–Crippen MR) is 113 cm³/mol. The second-order valence-electron chi connectivity index (χ2n) is 7.76. The Balaban J connectivity index is 0.00000544. The van der Waals surface area contributed by atoms with Crippen LogP contribution in [-0.2, 0) is 21.4 Å². The van der Waals surface area contributed by atoms with Gasteiger partial charge in [0.05, 0.1) is 24.3 Å². The molecule has 14 heteroatoms. The third kappa shape index (κ3) is 8.10. The standard InChI is InChI=1S/C19H22F3N3O6S.Na/c1-12(27)24-32(29,30)14-6-4-13(5-7-14)15-8-23-25(9-19(20,21)22)17(28)16(15)31-11-18(2,3)10-26;/h4-8,26H,9-11H2,1-3H3,(H,24,27);. The Morgan fingerprint density at radius 1 is 1.21 bits per heavy atom. The zero-order chi connectivity index (χ0) is 24.3. The van der Waals surface area contributed by atoms with Crippen LogP contribution in [-0.4, -0.2) is 78.2 Å². The van der Waals surface area contributed by atoms with Gasteiger partial charge in [0.2, 0.25) is 5.91 Å². The molecule has 2 N–H and O–H groups in total. The number of aliphatic hydroxyl groups is 1. The maximum absolute atomic E-state index is 12.8. The van der Waals surface area contributed by atoms with Crippen molar-refractivity contribution < 1.29 is 36.2 Å². The molecule has 2 rings (SSSR count). The van der Waals surface area contributed by atoms with Crippen LogP contribution in [0.1, 0.15) is 20.8 Å². The number of nitrogens with zero attached hydrogens (tertiary/aromatic N) is 2. The van der Waals surface area contributed by atoms with Gasteiger partial charge in [0.1, 0.15) is 6.54 Å². The first kappa shape index (κ1) is 29.1. The Labute approximate surface area is 210 Å². The Hall–Kier alpha value is -1.93. The molecular formula is C19H22F3N3NaO6S. The molecule has 33 heavy (non-hydrogen) atoms. The van der Waals surface area contributed by atoms with E-state index in [1.165, 1.54) is 12.1 Å². The van der Waals surface area contributed by atoms with Crippen molar-refractivity contribution in [2.75, 3.05) is 13.2 Å². The first-order valence-electron chi connectivity index (χ1n) is 9.19. The summed E-state index contributed by atoms with van der Waals surface area (Å²) in [6, 6.07) is 4.90. The van der Waals surface area contributed by atoms with Gasteiger partial charge < -0.3 is 9.84 Å². The third-order valence-corrected chi connectivity index (χ3v) is 5.57. The predicted octanol–water partition coefficient (Wildman–Crippen LogP) is 1.31. The van der Waals surface area contributed by atoms with Crippen LogP contribution in [0.5, 0.6) is 5.75 Å². The number of amides is 1. The maximum atomic E-state index is 12.8. The molecule has 0 saturated heterocycles. The van der Waals surface area contributed by atoms with Gasteiger partial charge in [-0.1, -0.05) is 26.0 Å². The summed E-state index contributed by atoms with van der Waals surface area (Å²) in [5.74, 6) is -1.21. The van der Waals surface area contributed by atoms with Crippen molar-refractivity contribution in [1.29, 1.82) is 0 Å². The van der Waals surface area contributed by atoms with E-state index in [0.717, 1.165) is 25.3 Å². The quantitative estimate of drug-likeness (QED) is 0.524. The van der Waals surface area contributed by atoms with Crippen LogP contribution in [0.15, 0.2) is 40.2 Å². The minimum Gasteiger partial charge on any atom is -0.487 e. The number of carbonyl (C=O) groups is 1. The second-order valence-corrected chi connectivity index (χ2v) is 9.44.